The van der Waals surface area contributed by atoms with Gasteiger partial charge >= 0.3 is 0 Å². The first-order valence-corrected chi connectivity index (χ1v) is 13.0. The summed E-state index contributed by atoms with van der Waals surface area (Å²) < 4.78 is 56.8. The third-order valence-electron chi connectivity index (χ3n) is 5.50. The van der Waals surface area contributed by atoms with Crippen LogP contribution in [0, 0.1) is 17.6 Å². The van der Waals surface area contributed by atoms with Crippen LogP contribution in [0.15, 0.2) is 58.6 Å². The third-order valence-corrected chi connectivity index (χ3v) is 8.10. The molecule has 1 saturated carbocycles. The molecule has 4 rings (SSSR count). The summed E-state index contributed by atoms with van der Waals surface area (Å²) in [5.74, 6) is 0.627. The lowest BCUT2D eigenvalue weighted by Crippen LogP contribution is -2.25. The van der Waals surface area contributed by atoms with Crippen molar-refractivity contribution in [2.45, 2.75) is 48.7 Å². The molecule has 32 heavy (non-hydrogen) atoms. The van der Waals surface area contributed by atoms with Crippen molar-refractivity contribution in [3.05, 3.63) is 66.0 Å². The summed E-state index contributed by atoms with van der Waals surface area (Å²) >= 11 is 1.56. The Hall–Kier alpha value is -2.30. The molecule has 10 heteroatoms. The van der Waals surface area contributed by atoms with Crippen LogP contribution in [-0.2, 0) is 16.6 Å². The zero-order valence-corrected chi connectivity index (χ0v) is 19.0. The molecule has 0 amide bonds. The molecule has 1 heterocycles. The molecule has 0 unspecified atom stereocenters. The number of nitrogens with one attached hydrogen (secondary N) is 1. The lowest BCUT2D eigenvalue weighted by atomic mass is 9.91. The Morgan fingerprint density at radius 1 is 1.00 bits per heavy atom. The first-order valence-electron chi connectivity index (χ1n) is 10.5. The van der Waals surface area contributed by atoms with Gasteiger partial charge in [0.25, 0.3) is 0 Å². The van der Waals surface area contributed by atoms with Crippen LogP contribution in [0.25, 0.3) is 5.69 Å². The van der Waals surface area contributed by atoms with Gasteiger partial charge in [-0.1, -0.05) is 43.2 Å². The highest BCUT2D eigenvalue weighted by Crippen LogP contribution is 2.31. The van der Waals surface area contributed by atoms with Crippen LogP contribution in [0.5, 0.6) is 0 Å². The molecule has 1 aliphatic carbocycles. The van der Waals surface area contributed by atoms with Crippen LogP contribution < -0.4 is 4.72 Å². The lowest BCUT2D eigenvalue weighted by Gasteiger charge is -2.20. The smallest absolute Gasteiger partial charge is 0.243 e. The summed E-state index contributed by atoms with van der Waals surface area (Å²) in [6.07, 6.45) is 6.12. The minimum absolute atomic E-state index is 0.189. The van der Waals surface area contributed by atoms with Crippen molar-refractivity contribution in [3.8, 4) is 5.69 Å². The van der Waals surface area contributed by atoms with Crippen molar-refractivity contribution in [3.63, 3.8) is 0 Å². The number of benzene rings is 2. The van der Waals surface area contributed by atoms with Crippen LogP contribution in [0.2, 0.25) is 0 Å². The Morgan fingerprint density at radius 3 is 2.44 bits per heavy atom. The Balaban J connectivity index is 1.57. The molecule has 0 aliphatic heterocycles. The molecule has 0 saturated heterocycles. The number of hydrogen-bond donors (Lipinski definition) is 1. The van der Waals surface area contributed by atoms with E-state index in [0.717, 1.165) is 11.8 Å². The zero-order chi connectivity index (χ0) is 22.6. The molecule has 170 valence electrons. The molecule has 1 fully saturated rings. The van der Waals surface area contributed by atoms with Gasteiger partial charge in [-0.05, 0) is 55.2 Å². The van der Waals surface area contributed by atoms with Crippen LogP contribution in [0.4, 0.5) is 8.78 Å². The van der Waals surface area contributed by atoms with E-state index < -0.39 is 20.7 Å². The van der Waals surface area contributed by atoms with E-state index in [-0.39, 0.29) is 12.4 Å². The van der Waals surface area contributed by atoms with E-state index in [1.165, 1.54) is 62.4 Å². The number of sulfonamides is 1. The Labute approximate surface area is 190 Å². The highest BCUT2D eigenvalue weighted by molar-refractivity contribution is 7.99. The van der Waals surface area contributed by atoms with Gasteiger partial charge in [-0.25, -0.2) is 21.9 Å². The molecule has 3 aromatic rings. The maximum atomic E-state index is 14.0. The standard InChI is InChI=1S/C22H24F2N4O2S2/c23-17-10-12-18(13-11-17)28-21(14-25-32(29,30)20-9-5-4-8-19(20)24)26-27-22(28)31-15-16-6-2-1-3-7-16/h4-5,8-13,16,25H,1-3,6-7,14-15H2. The number of rotatable bonds is 8. The fourth-order valence-electron chi connectivity index (χ4n) is 3.80. The predicted molar refractivity (Wildman–Crippen MR) is 119 cm³/mol. The van der Waals surface area contributed by atoms with Gasteiger partial charge in [-0.3, -0.25) is 4.57 Å². The van der Waals surface area contributed by atoms with Gasteiger partial charge in [-0.2, -0.15) is 0 Å². The summed E-state index contributed by atoms with van der Waals surface area (Å²) in [5.41, 5.74) is 0.627. The Morgan fingerprint density at radius 2 is 1.72 bits per heavy atom. The van der Waals surface area contributed by atoms with E-state index >= 15 is 0 Å². The molecule has 0 atom stereocenters. The number of halogens is 2. The maximum Gasteiger partial charge on any atom is 0.243 e. The van der Waals surface area contributed by atoms with E-state index in [1.807, 2.05) is 0 Å². The van der Waals surface area contributed by atoms with Gasteiger partial charge in [-0.15, -0.1) is 10.2 Å². The van der Waals surface area contributed by atoms with E-state index in [2.05, 4.69) is 14.9 Å². The van der Waals surface area contributed by atoms with E-state index in [1.54, 1.807) is 28.5 Å². The topological polar surface area (TPSA) is 76.9 Å². The van der Waals surface area contributed by atoms with Crippen LogP contribution in [-0.4, -0.2) is 28.9 Å². The third kappa shape index (κ3) is 5.36. The average molecular weight is 479 g/mol. The Bertz CT molecular complexity index is 1160. The molecule has 1 aromatic heterocycles. The SMILES string of the molecule is O=S(=O)(NCc1nnc(SCC2CCCCC2)n1-c1ccc(F)cc1)c1ccccc1F. The quantitative estimate of drug-likeness (QED) is 0.475. The van der Waals surface area contributed by atoms with Crippen molar-refractivity contribution in [2.24, 2.45) is 5.92 Å². The summed E-state index contributed by atoms with van der Waals surface area (Å²) in [7, 11) is -4.09. The van der Waals surface area contributed by atoms with Crippen molar-refractivity contribution in [2.75, 3.05) is 5.75 Å². The van der Waals surface area contributed by atoms with E-state index in [9.17, 15) is 17.2 Å². The van der Waals surface area contributed by atoms with Gasteiger partial charge in [0.2, 0.25) is 10.0 Å². The van der Waals surface area contributed by atoms with Crippen molar-refractivity contribution in [1.29, 1.82) is 0 Å². The maximum absolute atomic E-state index is 14.0. The predicted octanol–water partition coefficient (Wildman–Crippen LogP) is 4.70. The summed E-state index contributed by atoms with van der Waals surface area (Å²) in [6, 6.07) is 11.0. The highest BCUT2D eigenvalue weighted by atomic mass is 32.2. The fraction of sp³-hybridized carbons (Fsp3) is 0.364. The number of nitrogens with zero attached hydrogens (tertiary/aromatic N) is 3. The molecule has 6 nitrogen and oxygen atoms in total. The molecular weight excluding hydrogens is 454 g/mol. The molecular formula is C22H24F2N4O2S2. The first-order chi connectivity index (χ1) is 15.4. The minimum atomic E-state index is -4.09. The van der Waals surface area contributed by atoms with Gasteiger partial charge in [0.05, 0.1) is 6.54 Å². The van der Waals surface area contributed by atoms with Crippen molar-refractivity contribution in [1.82, 2.24) is 19.5 Å². The van der Waals surface area contributed by atoms with Gasteiger partial charge < -0.3 is 0 Å². The highest BCUT2D eigenvalue weighted by Gasteiger charge is 2.22. The number of aromatic nitrogens is 3. The Kier molecular flexibility index (Phi) is 7.22. The van der Waals surface area contributed by atoms with Crippen LogP contribution in [0.1, 0.15) is 37.9 Å². The second kappa shape index (κ2) is 10.1. The van der Waals surface area contributed by atoms with Crippen LogP contribution >= 0.6 is 11.8 Å². The fourth-order valence-corrected chi connectivity index (χ4v) is 6.02. The van der Waals surface area contributed by atoms with Crippen LogP contribution in [0.3, 0.4) is 0 Å². The molecule has 0 spiro atoms. The van der Waals surface area contributed by atoms with Crippen molar-refractivity contribution < 1.29 is 17.2 Å². The molecule has 0 bridgehead atoms. The second-order valence-corrected chi connectivity index (χ2v) is 10.5. The van der Waals surface area contributed by atoms with E-state index in [4.69, 9.17) is 0 Å². The minimum Gasteiger partial charge on any atom is -0.273 e. The lowest BCUT2D eigenvalue weighted by molar-refractivity contribution is 0.390. The summed E-state index contributed by atoms with van der Waals surface area (Å²) in [6.45, 7) is -0.189. The second-order valence-electron chi connectivity index (χ2n) is 7.78. The monoisotopic (exact) mass is 478 g/mol. The zero-order valence-electron chi connectivity index (χ0n) is 17.4. The van der Waals surface area contributed by atoms with Gasteiger partial charge in [0.1, 0.15) is 16.5 Å². The van der Waals surface area contributed by atoms with E-state index in [0.29, 0.717) is 22.6 Å². The normalized spacial score (nSPS) is 15.2. The molecule has 1 aliphatic rings. The molecule has 2 aromatic carbocycles. The van der Waals surface area contributed by atoms with Gasteiger partial charge in [0, 0.05) is 11.4 Å². The first kappa shape index (κ1) is 22.9. The summed E-state index contributed by atoms with van der Waals surface area (Å²) in [4.78, 5) is -0.431. The summed E-state index contributed by atoms with van der Waals surface area (Å²) in [5, 5.41) is 9.05. The largest absolute Gasteiger partial charge is 0.273 e. The average Bonchev–Trinajstić information content (AvgIpc) is 3.21. The van der Waals surface area contributed by atoms with Gasteiger partial charge in [0.15, 0.2) is 11.0 Å². The molecule has 0 radical (unpaired) electrons. The van der Waals surface area contributed by atoms with Crippen molar-refractivity contribution >= 4 is 21.8 Å². The number of hydrogen-bond acceptors (Lipinski definition) is 5. The number of thioether (sulfide) groups is 1. The molecule has 1 N–H and O–H groups in total.